The Kier molecular flexibility index (Phi) is 4.39. The third kappa shape index (κ3) is 2.98. The molecule has 4 nitrogen and oxygen atoms in total. The molecule has 0 N–H and O–H groups in total. The van der Waals surface area contributed by atoms with Crippen molar-refractivity contribution in [1.29, 1.82) is 0 Å². The summed E-state index contributed by atoms with van der Waals surface area (Å²) in [5.41, 5.74) is 1.99. The fraction of sp³-hybridized carbons (Fsp3) is 0.450. The van der Waals surface area contributed by atoms with Crippen molar-refractivity contribution in [2.45, 2.75) is 44.4 Å². The van der Waals surface area contributed by atoms with Crippen LogP contribution in [0.4, 0.5) is 0 Å². The maximum atomic E-state index is 13.2. The van der Waals surface area contributed by atoms with Gasteiger partial charge < -0.3 is 14.2 Å². The molecule has 1 amide bonds. The van der Waals surface area contributed by atoms with Crippen LogP contribution < -0.4 is 0 Å². The molecule has 1 aliphatic heterocycles. The van der Waals surface area contributed by atoms with Gasteiger partial charge in [-0.15, -0.1) is 0 Å². The number of amides is 1. The van der Waals surface area contributed by atoms with E-state index in [2.05, 4.69) is 21.6 Å². The summed E-state index contributed by atoms with van der Waals surface area (Å²) in [6.07, 6.45) is 6.79. The standard InChI is InChI=1S/C20H24N2O2/c23-20(22-13-14-24-19-11-5-4-9-17(19)22)18-10-6-12-21(18)15-16-7-2-1-3-8-16/h1-3,6-8,10,12,17,19H,4-5,9,11,13-15H2/t17-,19-/m0/s1. The molecule has 1 aromatic carbocycles. The van der Waals surface area contributed by atoms with Crippen LogP contribution >= 0.6 is 0 Å². The molecular formula is C20H24N2O2. The van der Waals surface area contributed by atoms with E-state index in [0.717, 1.165) is 25.1 Å². The summed E-state index contributed by atoms with van der Waals surface area (Å²) < 4.78 is 7.97. The maximum Gasteiger partial charge on any atom is 0.270 e. The monoisotopic (exact) mass is 324 g/mol. The van der Waals surface area contributed by atoms with Crippen LogP contribution in [0.1, 0.15) is 41.7 Å². The van der Waals surface area contributed by atoms with Gasteiger partial charge in [-0.05, 0) is 30.5 Å². The molecule has 4 heteroatoms. The van der Waals surface area contributed by atoms with Crippen molar-refractivity contribution < 1.29 is 9.53 Å². The lowest BCUT2D eigenvalue weighted by molar-refractivity contribution is -0.0755. The minimum absolute atomic E-state index is 0.149. The van der Waals surface area contributed by atoms with Crippen molar-refractivity contribution in [1.82, 2.24) is 9.47 Å². The lowest BCUT2D eigenvalue weighted by Crippen LogP contribution is -2.55. The van der Waals surface area contributed by atoms with Gasteiger partial charge in [-0.1, -0.05) is 43.2 Å². The molecule has 1 aromatic heterocycles. The highest BCUT2D eigenvalue weighted by Crippen LogP contribution is 2.29. The summed E-state index contributed by atoms with van der Waals surface area (Å²) in [7, 11) is 0. The molecular weight excluding hydrogens is 300 g/mol. The number of hydrogen-bond donors (Lipinski definition) is 0. The van der Waals surface area contributed by atoms with E-state index >= 15 is 0 Å². The van der Waals surface area contributed by atoms with Crippen LogP contribution in [0.2, 0.25) is 0 Å². The molecule has 2 aliphatic rings. The van der Waals surface area contributed by atoms with Gasteiger partial charge >= 0.3 is 0 Å². The summed E-state index contributed by atoms with van der Waals surface area (Å²) in [5, 5.41) is 0. The zero-order chi connectivity index (χ0) is 16.4. The highest BCUT2D eigenvalue weighted by Gasteiger charge is 2.37. The molecule has 1 aliphatic carbocycles. The normalized spacial score (nSPS) is 23.8. The Hall–Kier alpha value is -2.07. The van der Waals surface area contributed by atoms with Gasteiger partial charge in [0, 0.05) is 19.3 Å². The van der Waals surface area contributed by atoms with E-state index in [1.165, 1.54) is 18.4 Å². The van der Waals surface area contributed by atoms with Gasteiger partial charge in [0.2, 0.25) is 0 Å². The number of hydrogen-bond acceptors (Lipinski definition) is 2. The number of aromatic nitrogens is 1. The van der Waals surface area contributed by atoms with E-state index in [-0.39, 0.29) is 18.1 Å². The van der Waals surface area contributed by atoms with Crippen molar-refractivity contribution in [2.75, 3.05) is 13.2 Å². The molecule has 1 saturated heterocycles. The number of fused-ring (bicyclic) bond motifs is 1. The first-order valence-corrected chi connectivity index (χ1v) is 8.94. The van der Waals surface area contributed by atoms with Crippen LogP contribution in [0.3, 0.4) is 0 Å². The highest BCUT2D eigenvalue weighted by molar-refractivity contribution is 5.93. The van der Waals surface area contributed by atoms with Crippen LogP contribution in [0.25, 0.3) is 0 Å². The largest absolute Gasteiger partial charge is 0.374 e. The van der Waals surface area contributed by atoms with Crippen LogP contribution in [-0.2, 0) is 11.3 Å². The predicted octanol–water partition coefficient (Wildman–Crippen LogP) is 3.32. The van der Waals surface area contributed by atoms with Gasteiger partial charge in [-0.2, -0.15) is 0 Å². The molecule has 1 saturated carbocycles. The molecule has 2 heterocycles. The van der Waals surface area contributed by atoms with Crippen LogP contribution in [0, 0.1) is 0 Å². The number of benzene rings is 1. The van der Waals surface area contributed by atoms with E-state index in [1.807, 2.05) is 36.5 Å². The SMILES string of the molecule is O=C(c1cccn1Cc1ccccc1)N1CCO[C@H]2CCCC[C@@H]21. The molecule has 4 rings (SSSR count). The molecule has 2 fully saturated rings. The summed E-state index contributed by atoms with van der Waals surface area (Å²) in [6, 6.07) is 14.4. The summed E-state index contributed by atoms with van der Waals surface area (Å²) >= 11 is 0. The van der Waals surface area contributed by atoms with E-state index in [9.17, 15) is 4.79 Å². The number of carbonyl (C=O) groups excluding carboxylic acids is 1. The predicted molar refractivity (Wildman–Crippen MR) is 93.0 cm³/mol. The second kappa shape index (κ2) is 6.81. The Morgan fingerprint density at radius 2 is 1.92 bits per heavy atom. The zero-order valence-corrected chi connectivity index (χ0v) is 13.9. The lowest BCUT2D eigenvalue weighted by atomic mass is 9.90. The molecule has 2 aromatic rings. The van der Waals surface area contributed by atoms with Crippen molar-refractivity contribution in [3.8, 4) is 0 Å². The first-order valence-electron chi connectivity index (χ1n) is 8.94. The molecule has 0 unspecified atom stereocenters. The topological polar surface area (TPSA) is 34.5 Å². The minimum Gasteiger partial charge on any atom is -0.374 e. The second-order valence-electron chi connectivity index (χ2n) is 6.77. The van der Waals surface area contributed by atoms with Gasteiger partial charge in [-0.25, -0.2) is 0 Å². The van der Waals surface area contributed by atoms with E-state index < -0.39 is 0 Å². The van der Waals surface area contributed by atoms with Crippen LogP contribution in [0.15, 0.2) is 48.7 Å². The second-order valence-corrected chi connectivity index (χ2v) is 6.77. The van der Waals surface area contributed by atoms with Gasteiger partial charge in [0.05, 0.1) is 18.8 Å². The number of morpholine rings is 1. The Bertz CT molecular complexity index is 693. The fourth-order valence-corrected chi connectivity index (χ4v) is 4.02. The Morgan fingerprint density at radius 3 is 2.79 bits per heavy atom. The van der Waals surface area contributed by atoms with Gasteiger partial charge in [0.25, 0.3) is 5.91 Å². The first kappa shape index (κ1) is 15.5. The van der Waals surface area contributed by atoms with Crippen LogP contribution in [-0.4, -0.2) is 40.7 Å². The fourth-order valence-electron chi connectivity index (χ4n) is 4.02. The summed E-state index contributed by atoms with van der Waals surface area (Å²) in [4.78, 5) is 15.2. The van der Waals surface area contributed by atoms with Crippen LogP contribution in [0.5, 0.6) is 0 Å². The highest BCUT2D eigenvalue weighted by atomic mass is 16.5. The lowest BCUT2D eigenvalue weighted by Gasteiger charge is -2.43. The van der Waals surface area contributed by atoms with Crippen molar-refractivity contribution in [3.05, 3.63) is 59.9 Å². The quantitative estimate of drug-likeness (QED) is 0.868. The van der Waals surface area contributed by atoms with E-state index in [1.54, 1.807) is 0 Å². The number of ether oxygens (including phenoxy) is 1. The summed E-state index contributed by atoms with van der Waals surface area (Å²) in [5.74, 6) is 0.149. The molecule has 0 spiro atoms. The van der Waals surface area contributed by atoms with E-state index in [4.69, 9.17) is 4.74 Å². The van der Waals surface area contributed by atoms with Crippen molar-refractivity contribution in [3.63, 3.8) is 0 Å². The molecule has 126 valence electrons. The third-order valence-electron chi connectivity index (χ3n) is 5.24. The first-order chi connectivity index (χ1) is 11.8. The molecule has 2 atom stereocenters. The smallest absolute Gasteiger partial charge is 0.270 e. The Labute approximate surface area is 143 Å². The molecule has 0 bridgehead atoms. The summed E-state index contributed by atoms with van der Waals surface area (Å²) in [6.45, 7) is 2.09. The van der Waals surface area contributed by atoms with Crippen molar-refractivity contribution in [2.24, 2.45) is 0 Å². The van der Waals surface area contributed by atoms with Gasteiger partial charge in [-0.3, -0.25) is 4.79 Å². The molecule has 24 heavy (non-hydrogen) atoms. The van der Waals surface area contributed by atoms with Crippen molar-refractivity contribution >= 4 is 5.91 Å². The Balaban J connectivity index is 1.55. The number of nitrogens with zero attached hydrogens (tertiary/aromatic N) is 2. The average Bonchev–Trinajstić information content (AvgIpc) is 3.09. The molecule has 0 radical (unpaired) electrons. The minimum atomic E-state index is 0.149. The number of rotatable bonds is 3. The van der Waals surface area contributed by atoms with E-state index in [0.29, 0.717) is 13.2 Å². The third-order valence-corrected chi connectivity index (χ3v) is 5.24. The maximum absolute atomic E-state index is 13.2. The number of carbonyl (C=O) groups is 1. The van der Waals surface area contributed by atoms with Gasteiger partial charge in [0.1, 0.15) is 5.69 Å². The van der Waals surface area contributed by atoms with Gasteiger partial charge in [0.15, 0.2) is 0 Å². The Morgan fingerprint density at radius 1 is 1.08 bits per heavy atom. The zero-order valence-electron chi connectivity index (χ0n) is 13.9. The average molecular weight is 324 g/mol.